The Bertz CT molecular complexity index is 628. The third kappa shape index (κ3) is 2.88. The molecule has 0 fully saturated rings. The molecule has 1 heterocycles. The molecule has 1 aromatic carbocycles. The molecular formula is C13H10F4N2O. The van der Waals surface area contributed by atoms with Crippen molar-refractivity contribution in [2.24, 2.45) is 0 Å². The molecule has 106 valence electrons. The number of anilines is 1. The van der Waals surface area contributed by atoms with Gasteiger partial charge in [-0.05, 0) is 29.8 Å². The van der Waals surface area contributed by atoms with E-state index in [9.17, 15) is 22.7 Å². The van der Waals surface area contributed by atoms with Crippen LogP contribution in [0.15, 0.2) is 36.5 Å². The van der Waals surface area contributed by atoms with E-state index in [-0.39, 0.29) is 16.9 Å². The minimum Gasteiger partial charge on any atom is -0.384 e. The summed E-state index contributed by atoms with van der Waals surface area (Å²) in [5, 5.41) is 10.0. The van der Waals surface area contributed by atoms with Crippen LogP contribution in [-0.4, -0.2) is 10.1 Å². The van der Waals surface area contributed by atoms with Gasteiger partial charge in [-0.15, -0.1) is 0 Å². The Morgan fingerprint density at radius 1 is 1.20 bits per heavy atom. The zero-order chi connectivity index (χ0) is 14.9. The van der Waals surface area contributed by atoms with Crippen LogP contribution in [0.1, 0.15) is 22.8 Å². The van der Waals surface area contributed by atoms with E-state index in [2.05, 4.69) is 4.98 Å². The van der Waals surface area contributed by atoms with Gasteiger partial charge in [0.1, 0.15) is 17.7 Å². The molecule has 0 aliphatic carbocycles. The summed E-state index contributed by atoms with van der Waals surface area (Å²) >= 11 is 0. The lowest BCUT2D eigenvalue weighted by Gasteiger charge is -2.15. The molecule has 3 N–H and O–H groups in total. The number of alkyl halides is 3. The first-order chi connectivity index (χ1) is 9.29. The van der Waals surface area contributed by atoms with Crippen LogP contribution < -0.4 is 5.73 Å². The molecule has 1 atom stereocenters. The maximum atomic E-state index is 13.3. The van der Waals surface area contributed by atoms with Crippen molar-refractivity contribution in [3.8, 4) is 0 Å². The van der Waals surface area contributed by atoms with Gasteiger partial charge in [-0.25, -0.2) is 9.37 Å². The molecule has 0 bridgehead atoms. The first-order valence-corrected chi connectivity index (χ1v) is 5.55. The fourth-order valence-corrected chi connectivity index (χ4v) is 1.77. The largest absolute Gasteiger partial charge is 0.416 e. The lowest BCUT2D eigenvalue weighted by Crippen LogP contribution is -2.10. The van der Waals surface area contributed by atoms with Crippen molar-refractivity contribution >= 4 is 5.82 Å². The van der Waals surface area contributed by atoms with Crippen LogP contribution in [0.4, 0.5) is 23.4 Å². The van der Waals surface area contributed by atoms with E-state index in [0.717, 1.165) is 6.07 Å². The molecule has 1 aromatic heterocycles. The number of aromatic nitrogens is 1. The number of aliphatic hydroxyl groups is 1. The Hall–Kier alpha value is -2.15. The van der Waals surface area contributed by atoms with Crippen LogP contribution in [-0.2, 0) is 6.18 Å². The molecule has 0 amide bonds. The molecule has 0 radical (unpaired) electrons. The maximum absolute atomic E-state index is 13.3. The van der Waals surface area contributed by atoms with E-state index >= 15 is 0 Å². The fraction of sp³-hybridized carbons (Fsp3) is 0.154. The van der Waals surface area contributed by atoms with Gasteiger partial charge in [-0.2, -0.15) is 13.2 Å². The summed E-state index contributed by atoms with van der Waals surface area (Å²) in [4.78, 5) is 3.72. The van der Waals surface area contributed by atoms with Gasteiger partial charge in [0.05, 0.1) is 5.56 Å². The van der Waals surface area contributed by atoms with Crippen LogP contribution in [0, 0.1) is 5.82 Å². The Labute approximate surface area is 111 Å². The standard InChI is InChI=1S/C13H10F4N2O/c14-9-5-7(4-8(6-9)13(15,16)17)11(20)10-2-1-3-19-12(10)18/h1-6,11,20H,(H2,18,19). The number of benzene rings is 1. The van der Waals surface area contributed by atoms with Crippen molar-refractivity contribution in [2.45, 2.75) is 12.3 Å². The minimum absolute atomic E-state index is 0.0298. The molecule has 20 heavy (non-hydrogen) atoms. The predicted molar refractivity (Wildman–Crippen MR) is 64.1 cm³/mol. The fourth-order valence-electron chi connectivity index (χ4n) is 1.77. The smallest absolute Gasteiger partial charge is 0.384 e. The zero-order valence-electron chi connectivity index (χ0n) is 10.0. The van der Waals surface area contributed by atoms with Gasteiger partial charge in [0.2, 0.25) is 0 Å². The maximum Gasteiger partial charge on any atom is 0.416 e. The van der Waals surface area contributed by atoms with Crippen LogP contribution in [0.5, 0.6) is 0 Å². The number of nitrogen functional groups attached to an aromatic ring is 1. The molecule has 0 spiro atoms. The average Bonchev–Trinajstić information content (AvgIpc) is 2.37. The van der Waals surface area contributed by atoms with Gasteiger partial charge in [-0.1, -0.05) is 6.07 Å². The number of pyridine rings is 1. The summed E-state index contributed by atoms with van der Waals surface area (Å²) in [5.74, 6) is -1.12. The molecule has 0 saturated heterocycles. The second-order valence-corrected chi connectivity index (χ2v) is 4.15. The average molecular weight is 286 g/mol. The van der Waals surface area contributed by atoms with E-state index in [4.69, 9.17) is 5.73 Å². The zero-order valence-corrected chi connectivity index (χ0v) is 10.0. The second kappa shape index (κ2) is 5.09. The summed E-state index contributed by atoms with van der Waals surface area (Å²) in [6, 6.07) is 4.75. The third-order valence-electron chi connectivity index (χ3n) is 2.73. The van der Waals surface area contributed by atoms with Crippen LogP contribution >= 0.6 is 0 Å². The Balaban J connectivity index is 2.48. The SMILES string of the molecule is Nc1ncccc1C(O)c1cc(F)cc(C(F)(F)F)c1. The number of hydrogen-bond donors (Lipinski definition) is 2. The minimum atomic E-state index is -4.70. The number of nitrogens with zero attached hydrogens (tertiary/aromatic N) is 1. The summed E-state index contributed by atoms with van der Waals surface area (Å²) in [6.07, 6.45) is -4.81. The summed E-state index contributed by atoms with van der Waals surface area (Å²) in [6.45, 7) is 0. The number of nitrogens with two attached hydrogens (primary N) is 1. The summed E-state index contributed by atoms with van der Waals surface area (Å²) in [7, 11) is 0. The van der Waals surface area contributed by atoms with E-state index in [0.29, 0.717) is 12.1 Å². The first kappa shape index (κ1) is 14.3. The van der Waals surface area contributed by atoms with E-state index in [1.54, 1.807) is 0 Å². The Morgan fingerprint density at radius 2 is 1.90 bits per heavy atom. The molecule has 0 aliphatic heterocycles. The highest BCUT2D eigenvalue weighted by Gasteiger charge is 2.32. The molecule has 2 rings (SSSR count). The van der Waals surface area contributed by atoms with Gasteiger partial charge < -0.3 is 10.8 Å². The molecule has 1 unspecified atom stereocenters. The van der Waals surface area contributed by atoms with Gasteiger partial charge in [0.25, 0.3) is 0 Å². The highest BCUT2D eigenvalue weighted by molar-refractivity contribution is 5.45. The molecule has 3 nitrogen and oxygen atoms in total. The second-order valence-electron chi connectivity index (χ2n) is 4.15. The van der Waals surface area contributed by atoms with Gasteiger partial charge in [0.15, 0.2) is 0 Å². The van der Waals surface area contributed by atoms with Crippen molar-refractivity contribution < 1.29 is 22.7 Å². The molecule has 7 heteroatoms. The lowest BCUT2D eigenvalue weighted by atomic mass is 10.00. The van der Waals surface area contributed by atoms with Crippen molar-refractivity contribution in [1.29, 1.82) is 0 Å². The first-order valence-electron chi connectivity index (χ1n) is 5.55. The van der Waals surface area contributed by atoms with Crippen molar-refractivity contribution in [1.82, 2.24) is 4.98 Å². The molecular weight excluding hydrogens is 276 g/mol. The van der Waals surface area contributed by atoms with Gasteiger partial charge in [-0.3, -0.25) is 0 Å². The number of rotatable bonds is 2. The normalized spacial score (nSPS) is 13.2. The van der Waals surface area contributed by atoms with E-state index in [1.165, 1.54) is 18.3 Å². The quantitative estimate of drug-likeness (QED) is 0.834. The predicted octanol–water partition coefficient (Wildman–Crippen LogP) is 2.90. The highest BCUT2D eigenvalue weighted by Crippen LogP contribution is 2.33. The lowest BCUT2D eigenvalue weighted by molar-refractivity contribution is -0.137. The Kier molecular flexibility index (Phi) is 3.63. The topological polar surface area (TPSA) is 59.1 Å². The van der Waals surface area contributed by atoms with Crippen LogP contribution in [0.25, 0.3) is 0 Å². The van der Waals surface area contributed by atoms with Crippen molar-refractivity contribution in [2.75, 3.05) is 5.73 Å². The summed E-state index contributed by atoms with van der Waals surface area (Å²) in [5.41, 5.74) is 4.24. The Morgan fingerprint density at radius 3 is 2.50 bits per heavy atom. The van der Waals surface area contributed by atoms with Crippen molar-refractivity contribution in [3.63, 3.8) is 0 Å². The third-order valence-corrected chi connectivity index (χ3v) is 2.73. The van der Waals surface area contributed by atoms with Gasteiger partial charge >= 0.3 is 6.18 Å². The van der Waals surface area contributed by atoms with E-state index < -0.39 is 23.7 Å². The van der Waals surface area contributed by atoms with Gasteiger partial charge in [0, 0.05) is 11.8 Å². The van der Waals surface area contributed by atoms with Crippen molar-refractivity contribution in [3.05, 3.63) is 59.0 Å². The number of aliphatic hydroxyl groups excluding tert-OH is 1. The van der Waals surface area contributed by atoms with Crippen LogP contribution in [0.3, 0.4) is 0 Å². The molecule has 0 saturated carbocycles. The monoisotopic (exact) mass is 286 g/mol. The highest BCUT2D eigenvalue weighted by atomic mass is 19.4. The summed E-state index contributed by atoms with van der Waals surface area (Å²) < 4.78 is 51.1. The molecule has 0 aliphatic rings. The van der Waals surface area contributed by atoms with E-state index in [1.807, 2.05) is 0 Å². The van der Waals surface area contributed by atoms with Crippen LogP contribution in [0.2, 0.25) is 0 Å². The molecule has 2 aromatic rings. The number of halogens is 4. The number of hydrogen-bond acceptors (Lipinski definition) is 3.